The van der Waals surface area contributed by atoms with Gasteiger partial charge < -0.3 is 15.4 Å². The van der Waals surface area contributed by atoms with Gasteiger partial charge in [-0.1, -0.05) is 18.2 Å². The van der Waals surface area contributed by atoms with Gasteiger partial charge in [0.05, 0.1) is 0 Å². The number of benzene rings is 1. The first-order valence-electron chi connectivity index (χ1n) is 6.07. The lowest BCUT2D eigenvalue weighted by molar-refractivity contribution is 0.0854. The maximum Gasteiger partial charge on any atom is 0.410 e. The molecular formula is C13H17FN2O2. The van der Waals surface area contributed by atoms with Crippen molar-refractivity contribution in [1.82, 2.24) is 4.90 Å². The van der Waals surface area contributed by atoms with Gasteiger partial charge in [-0.2, -0.15) is 0 Å². The highest BCUT2D eigenvalue weighted by molar-refractivity contribution is 5.67. The molecule has 0 spiro atoms. The summed E-state index contributed by atoms with van der Waals surface area (Å²) in [5.74, 6) is -0.361. The number of ether oxygens (including phenoxy) is 1. The zero-order valence-electron chi connectivity index (χ0n) is 10.1. The zero-order chi connectivity index (χ0) is 13.0. The molecule has 0 radical (unpaired) electrons. The second kappa shape index (κ2) is 5.82. The molecule has 1 aromatic rings. The summed E-state index contributed by atoms with van der Waals surface area (Å²) in [5.41, 5.74) is 6.17. The van der Waals surface area contributed by atoms with Gasteiger partial charge in [0.1, 0.15) is 12.4 Å². The molecule has 1 amide bonds. The Labute approximate surface area is 106 Å². The van der Waals surface area contributed by atoms with Gasteiger partial charge in [0, 0.05) is 24.7 Å². The van der Waals surface area contributed by atoms with E-state index in [1.165, 1.54) is 6.07 Å². The number of amides is 1. The number of hydrogen-bond donors (Lipinski definition) is 1. The third-order valence-electron chi connectivity index (χ3n) is 3.03. The third-order valence-corrected chi connectivity index (χ3v) is 3.03. The van der Waals surface area contributed by atoms with Gasteiger partial charge >= 0.3 is 6.09 Å². The van der Waals surface area contributed by atoms with E-state index in [0.29, 0.717) is 18.7 Å². The molecule has 2 rings (SSSR count). The molecule has 1 unspecified atom stereocenters. The van der Waals surface area contributed by atoms with Crippen molar-refractivity contribution >= 4 is 6.09 Å². The molecule has 1 aliphatic rings. The van der Waals surface area contributed by atoms with Crippen LogP contribution in [0.25, 0.3) is 0 Å². The molecule has 1 fully saturated rings. The smallest absolute Gasteiger partial charge is 0.410 e. The summed E-state index contributed by atoms with van der Waals surface area (Å²) >= 11 is 0. The van der Waals surface area contributed by atoms with Crippen molar-refractivity contribution in [3.63, 3.8) is 0 Å². The third kappa shape index (κ3) is 3.20. The van der Waals surface area contributed by atoms with E-state index in [1.807, 2.05) is 0 Å². The molecular weight excluding hydrogens is 235 g/mol. The van der Waals surface area contributed by atoms with Crippen LogP contribution in [0.1, 0.15) is 18.4 Å². The molecule has 1 aliphatic heterocycles. The van der Waals surface area contributed by atoms with E-state index >= 15 is 0 Å². The Hall–Kier alpha value is -1.62. The fraction of sp³-hybridized carbons (Fsp3) is 0.462. The number of halogens is 1. The van der Waals surface area contributed by atoms with Crippen LogP contribution in [0.15, 0.2) is 24.3 Å². The van der Waals surface area contributed by atoms with Crippen LogP contribution < -0.4 is 5.73 Å². The Bertz CT molecular complexity index is 425. The van der Waals surface area contributed by atoms with Crippen molar-refractivity contribution in [2.45, 2.75) is 25.5 Å². The predicted octanol–water partition coefficient (Wildman–Crippen LogP) is 1.89. The maximum atomic E-state index is 13.3. The van der Waals surface area contributed by atoms with Gasteiger partial charge in [0.15, 0.2) is 0 Å². The zero-order valence-corrected chi connectivity index (χ0v) is 10.1. The number of hydrogen-bond acceptors (Lipinski definition) is 3. The van der Waals surface area contributed by atoms with Crippen molar-refractivity contribution in [2.75, 3.05) is 13.1 Å². The van der Waals surface area contributed by atoms with Crippen molar-refractivity contribution in [1.29, 1.82) is 0 Å². The van der Waals surface area contributed by atoms with E-state index in [2.05, 4.69) is 0 Å². The first-order chi connectivity index (χ1) is 8.66. The van der Waals surface area contributed by atoms with Crippen molar-refractivity contribution in [3.05, 3.63) is 35.6 Å². The SMILES string of the molecule is NC1CCCN(C(=O)OCc2ccccc2F)C1. The second-order valence-corrected chi connectivity index (χ2v) is 4.49. The Balaban J connectivity index is 1.86. The van der Waals surface area contributed by atoms with Gasteiger partial charge in [-0.15, -0.1) is 0 Å². The molecule has 0 saturated carbocycles. The minimum atomic E-state index is -0.423. The van der Waals surface area contributed by atoms with Crippen molar-refractivity contribution in [2.24, 2.45) is 5.73 Å². The summed E-state index contributed by atoms with van der Waals surface area (Å²) in [5, 5.41) is 0. The van der Waals surface area contributed by atoms with Crippen LogP contribution in [0.5, 0.6) is 0 Å². The second-order valence-electron chi connectivity index (χ2n) is 4.49. The Morgan fingerprint density at radius 2 is 2.28 bits per heavy atom. The maximum absolute atomic E-state index is 13.3. The molecule has 0 aliphatic carbocycles. The summed E-state index contributed by atoms with van der Waals surface area (Å²) in [6.07, 6.45) is 1.39. The summed E-state index contributed by atoms with van der Waals surface area (Å²) in [6, 6.07) is 6.28. The lowest BCUT2D eigenvalue weighted by atomic mass is 10.1. The Morgan fingerprint density at radius 3 is 3.00 bits per heavy atom. The monoisotopic (exact) mass is 252 g/mol. The van der Waals surface area contributed by atoms with E-state index < -0.39 is 6.09 Å². The minimum Gasteiger partial charge on any atom is -0.444 e. The highest BCUT2D eigenvalue weighted by Gasteiger charge is 2.22. The van der Waals surface area contributed by atoms with Crippen LogP contribution in [0.2, 0.25) is 0 Å². The summed E-state index contributed by atoms with van der Waals surface area (Å²) < 4.78 is 18.4. The van der Waals surface area contributed by atoms with E-state index in [4.69, 9.17) is 10.5 Å². The molecule has 0 aromatic heterocycles. The summed E-state index contributed by atoms with van der Waals surface area (Å²) in [4.78, 5) is 13.3. The average Bonchev–Trinajstić information content (AvgIpc) is 2.37. The van der Waals surface area contributed by atoms with Crippen molar-refractivity contribution < 1.29 is 13.9 Å². The van der Waals surface area contributed by atoms with Crippen LogP contribution >= 0.6 is 0 Å². The van der Waals surface area contributed by atoms with Crippen LogP contribution in [0.3, 0.4) is 0 Å². The van der Waals surface area contributed by atoms with Gasteiger partial charge in [0.25, 0.3) is 0 Å². The first kappa shape index (κ1) is 12.8. The molecule has 2 N–H and O–H groups in total. The number of piperidine rings is 1. The molecule has 4 nitrogen and oxygen atoms in total. The topological polar surface area (TPSA) is 55.6 Å². The van der Waals surface area contributed by atoms with E-state index in [0.717, 1.165) is 12.8 Å². The fourth-order valence-electron chi connectivity index (χ4n) is 2.02. The average molecular weight is 252 g/mol. The number of rotatable bonds is 2. The molecule has 18 heavy (non-hydrogen) atoms. The first-order valence-corrected chi connectivity index (χ1v) is 6.07. The number of carbonyl (C=O) groups is 1. The largest absolute Gasteiger partial charge is 0.444 e. The van der Waals surface area contributed by atoms with E-state index in [9.17, 15) is 9.18 Å². The standard InChI is InChI=1S/C13H17FN2O2/c14-12-6-2-1-4-10(12)9-18-13(17)16-7-3-5-11(15)8-16/h1-2,4,6,11H,3,5,7-9,15H2. The van der Waals surface area contributed by atoms with Gasteiger partial charge in [-0.05, 0) is 18.9 Å². The van der Waals surface area contributed by atoms with Crippen LogP contribution in [-0.2, 0) is 11.3 Å². The number of nitrogens with zero attached hydrogens (tertiary/aromatic N) is 1. The van der Waals surface area contributed by atoms with Crippen LogP contribution in [-0.4, -0.2) is 30.1 Å². The molecule has 1 saturated heterocycles. The quantitative estimate of drug-likeness (QED) is 0.874. The highest BCUT2D eigenvalue weighted by Crippen LogP contribution is 2.12. The minimum absolute atomic E-state index is 0.0137. The molecule has 1 heterocycles. The predicted molar refractivity (Wildman–Crippen MR) is 65.4 cm³/mol. The van der Waals surface area contributed by atoms with Crippen molar-refractivity contribution in [3.8, 4) is 0 Å². The van der Waals surface area contributed by atoms with E-state index in [-0.39, 0.29) is 18.5 Å². The molecule has 1 atom stereocenters. The highest BCUT2D eigenvalue weighted by atomic mass is 19.1. The Kier molecular flexibility index (Phi) is 4.15. The molecule has 1 aromatic carbocycles. The molecule has 5 heteroatoms. The summed E-state index contributed by atoms with van der Waals surface area (Å²) in [6.45, 7) is 1.12. The number of likely N-dealkylation sites (tertiary alicyclic amines) is 1. The normalized spacial score (nSPS) is 19.7. The van der Waals surface area contributed by atoms with Gasteiger partial charge in [-0.3, -0.25) is 0 Å². The number of carbonyl (C=O) groups excluding carboxylic acids is 1. The van der Waals surface area contributed by atoms with E-state index in [1.54, 1.807) is 23.1 Å². The fourth-order valence-corrected chi connectivity index (χ4v) is 2.02. The van der Waals surface area contributed by atoms with Gasteiger partial charge in [0.2, 0.25) is 0 Å². The van der Waals surface area contributed by atoms with Crippen LogP contribution in [0.4, 0.5) is 9.18 Å². The lowest BCUT2D eigenvalue weighted by Gasteiger charge is -2.29. The van der Waals surface area contributed by atoms with Gasteiger partial charge in [-0.25, -0.2) is 9.18 Å². The Morgan fingerprint density at radius 1 is 1.50 bits per heavy atom. The lowest BCUT2D eigenvalue weighted by Crippen LogP contribution is -2.45. The van der Waals surface area contributed by atoms with Crippen LogP contribution in [0, 0.1) is 5.82 Å². The molecule has 98 valence electrons. The summed E-state index contributed by atoms with van der Waals surface area (Å²) in [7, 11) is 0. The molecule has 0 bridgehead atoms. The number of nitrogens with two attached hydrogens (primary N) is 1.